The van der Waals surface area contributed by atoms with Gasteiger partial charge in [0.15, 0.2) is 10.5 Å². The van der Waals surface area contributed by atoms with E-state index in [4.69, 9.17) is 10.00 Å². The maximum Gasteiger partial charge on any atom is 0.326 e. The van der Waals surface area contributed by atoms with Crippen molar-refractivity contribution in [3.63, 3.8) is 0 Å². The van der Waals surface area contributed by atoms with Crippen LogP contribution in [-0.4, -0.2) is 23.4 Å². The van der Waals surface area contributed by atoms with Gasteiger partial charge < -0.3 is 4.74 Å². The van der Waals surface area contributed by atoms with E-state index in [9.17, 15) is 9.59 Å². The molecule has 4 nitrogen and oxygen atoms in total. The molecule has 0 N–H and O–H groups in total. The molecule has 0 aromatic rings. The zero-order chi connectivity index (χ0) is 13.3. The summed E-state index contributed by atoms with van der Waals surface area (Å²) in [6.45, 7) is 5.14. The molecule has 96 valence electrons. The van der Waals surface area contributed by atoms with Crippen molar-refractivity contribution < 1.29 is 14.3 Å². The van der Waals surface area contributed by atoms with E-state index < -0.39 is 11.4 Å². The van der Waals surface area contributed by atoms with Crippen molar-refractivity contribution in [2.45, 2.75) is 40.0 Å². The van der Waals surface area contributed by atoms with Crippen LogP contribution in [0.2, 0.25) is 0 Å². The zero-order valence-electron chi connectivity index (χ0n) is 10.6. The van der Waals surface area contributed by atoms with Crippen LogP contribution in [0.4, 0.5) is 0 Å². The summed E-state index contributed by atoms with van der Waals surface area (Å²) in [6, 6.07) is 2.01. The van der Waals surface area contributed by atoms with Gasteiger partial charge in [-0.25, -0.2) is 0 Å². The lowest BCUT2D eigenvalue weighted by molar-refractivity contribution is -0.151. The number of carbonyl (C=O) groups excluding carboxylic acids is 2. The molecule has 0 fully saturated rings. The molecule has 0 amide bonds. The van der Waals surface area contributed by atoms with Gasteiger partial charge in [-0.1, -0.05) is 18.2 Å². The second-order valence-electron chi connectivity index (χ2n) is 3.96. The van der Waals surface area contributed by atoms with Crippen molar-refractivity contribution in [3.8, 4) is 6.07 Å². The number of nitrogens with zero attached hydrogens (tertiary/aromatic N) is 1. The first-order valence-corrected chi connectivity index (χ1v) is 6.66. The molecule has 0 aliphatic heterocycles. The van der Waals surface area contributed by atoms with Gasteiger partial charge in [0.25, 0.3) is 0 Å². The molecule has 0 aliphatic carbocycles. The fourth-order valence-electron chi connectivity index (χ4n) is 1.29. The topological polar surface area (TPSA) is 67.2 Å². The minimum atomic E-state index is -1.06. The summed E-state index contributed by atoms with van der Waals surface area (Å²) < 4.78 is 4.87. The first kappa shape index (κ1) is 16.0. The summed E-state index contributed by atoms with van der Waals surface area (Å²) >= 11 is 1.27. The van der Waals surface area contributed by atoms with Gasteiger partial charge >= 0.3 is 5.97 Å². The molecule has 0 aromatic carbocycles. The van der Waals surface area contributed by atoms with E-state index in [0.717, 1.165) is 18.6 Å². The molecule has 0 bridgehead atoms. The molecule has 0 heterocycles. The Hall–Kier alpha value is -1.02. The average Bonchev–Trinajstić information content (AvgIpc) is 2.28. The van der Waals surface area contributed by atoms with Crippen molar-refractivity contribution >= 4 is 22.8 Å². The van der Waals surface area contributed by atoms with Crippen LogP contribution < -0.4 is 0 Å². The number of ether oxygens (including phenoxy) is 1. The van der Waals surface area contributed by atoms with Crippen LogP contribution in [0, 0.1) is 16.7 Å². The average molecular weight is 257 g/mol. The van der Waals surface area contributed by atoms with E-state index in [-0.39, 0.29) is 11.7 Å². The van der Waals surface area contributed by atoms with Gasteiger partial charge in [-0.3, -0.25) is 9.59 Å². The van der Waals surface area contributed by atoms with Crippen molar-refractivity contribution in [3.05, 3.63) is 0 Å². The van der Waals surface area contributed by atoms with Gasteiger partial charge in [0.05, 0.1) is 12.7 Å². The molecule has 0 radical (unpaired) electrons. The van der Waals surface area contributed by atoms with Crippen LogP contribution in [0.5, 0.6) is 0 Å². The van der Waals surface area contributed by atoms with E-state index in [1.807, 2.05) is 6.07 Å². The normalized spacial score (nSPS) is 13.5. The Balaban J connectivity index is 4.01. The van der Waals surface area contributed by atoms with Gasteiger partial charge in [0.2, 0.25) is 0 Å². The van der Waals surface area contributed by atoms with Crippen LogP contribution >= 0.6 is 11.8 Å². The second kappa shape index (κ2) is 8.13. The van der Waals surface area contributed by atoms with E-state index in [1.165, 1.54) is 18.7 Å². The molecule has 17 heavy (non-hydrogen) atoms. The third-order valence-corrected chi connectivity index (χ3v) is 3.25. The van der Waals surface area contributed by atoms with Crippen LogP contribution in [0.25, 0.3) is 0 Å². The van der Waals surface area contributed by atoms with Crippen molar-refractivity contribution in [1.29, 1.82) is 5.26 Å². The summed E-state index contributed by atoms with van der Waals surface area (Å²) in [7, 11) is 0. The first-order valence-electron chi connectivity index (χ1n) is 5.68. The molecule has 0 aliphatic rings. The van der Waals surface area contributed by atoms with Crippen LogP contribution in [0.1, 0.15) is 40.0 Å². The highest BCUT2D eigenvalue weighted by Crippen LogP contribution is 2.25. The van der Waals surface area contributed by atoms with E-state index in [1.54, 1.807) is 13.8 Å². The Labute approximate surface area is 107 Å². The minimum Gasteiger partial charge on any atom is -0.465 e. The Morgan fingerprint density at radius 2 is 2.06 bits per heavy atom. The summed E-state index contributed by atoms with van der Waals surface area (Å²) in [5.74, 6) is 0.279. The number of thioether (sulfide) groups is 1. The number of unbranched alkanes of at least 4 members (excludes halogenated alkanes) is 1. The number of nitriles is 1. The first-order chi connectivity index (χ1) is 7.96. The fraction of sp³-hybridized carbons (Fsp3) is 0.750. The van der Waals surface area contributed by atoms with Crippen LogP contribution in [0.3, 0.4) is 0 Å². The highest BCUT2D eigenvalue weighted by Gasteiger charge is 2.34. The SMILES string of the molecule is CCOC(=O)C(C)(C#N)CCCCSC(C)=O. The molecule has 1 unspecified atom stereocenters. The van der Waals surface area contributed by atoms with E-state index in [0.29, 0.717) is 6.42 Å². The van der Waals surface area contributed by atoms with Gasteiger partial charge in [-0.15, -0.1) is 0 Å². The minimum absolute atomic E-state index is 0.0958. The van der Waals surface area contributed by atoms with Crippen molar-refractivity contribution in [2.75, 3.05) is 12.4 Å². The molecule has 0 spiro atoms. The lowest BCUT2D eigenvalue weighted by atomic mass is 9.87. The fourth-order valence-corrected chi connectivity index (χ4v) is 1.93. The summed E-state index contributed by atoms with van der Waals surface area (Å²) in [4.78, 5) is 22.3. The number of hydrogen-bond acceptors (Lipinski definition) is 5. The molecule has 0 saturated heterocycles. The summed E-state index contributed by atoms with van der Waals surface area (Å²) in [5.41, 5.74) is -1.06. The lowest BCUT2D eigenvalue weighted by Gasteiger charge is -2.18. The van der Waals surface area contributed by atoms with Crippen molar-refractivity contribution in [1.82, 2.24) is 0 Å². The molecule has 0 saturated carbocycles. The summed E-state index contributed by atoms with van der Waals surface area (Å²) in [6.07, 6.45) is 2.03. The molecular weight excluding hydrogens is 238 g/mol. The Morgan fingerprint density at radius 1 is 1.41 bits per heavy atom. The smallest absolute Gasteiger partial charge is 0.326 e. The highest BCUT2D eigenvalue weighted by molar-refractivity contribution is 8.13. The third-order valence-electron chi connectivity index (χ3n) is 2.35. The Kier molecular flexibility index (Phi) is 7.64. The second-order valence-corrected chi connectivity index (χ2v) is 5.23. The Morgan fingerprint density at radius 3 is 2.53 bits per heavy atom. The monoisotopic (exact) mass is 257 g/mol. The largest absolute Gasteiger partial charge is 0.465 e. The molecule has 0 aromatic heterocycles. The van der Waals surface area contributed by atoms with E-state index in [2.05, 4.69) is 0 Å². The van der Waals surface area contributed by atoms with Gasteiger partial charge in [0, 0.05) is 12.7 Å². The number of rotatable bonds is 7. The molecule has 1 atom stereocenters. The zero-order valence-corrected chi connectivity index (χ0v) is 11.4. The summed E-state index contributed by atoms with van der Waals surface area (Å²) in [5, 5.41) is 9.11. The predicted octanol–water partition coefficient (Wildman–Crippen LogP) is 2.53. The number of carbonyl (C=O) groups is 2. The van der Waals surface area contributed by atoms with E-state index >= 15 is 0 Å². The molecule has 0 rings (SSSR count). The van der Waals surface area contributed by atoms with Crippen LogP contribution in [0.15, 0.2) is 0 Å². The highest BCUT2D eigenvalue weighted by atomic mass is 32.2. The molecule has 5 heteroatoms. The number of hydrogen-bond donors (Lipinski definition) is 0. The van der Waals surface area contributed by atoms with Crippen molar-refractivity contribution in [2.24, 2.45) is 5.41 Å². The lowest BCUT2D eigenvalue weighted by Crippen LogP contribution is -2.28. The standard InChI is InChI=1S/C12H19NO3S/c1-4-16-11(15)12(3,9-13)7-5-6-8-17-10(2)14/h4-8H2,1-3H3. The quantitative estimate of drug-likeness (QED) is 0.518. The van der Waals surface area contributed by atoms with Crippen LogP contribution in [-0.2, 0) is 14.3 Å². The maximum absolute atomic E-state index is 11.6. The number of esters is 1. The molecular formula is C12H19NO3S. The Bertz CT molecular complexity index is 311. The predicted molar refractivity (Wildman–Crippen MR) is 67.3 cm³/mol. The van der Waals surface area contributed by atoms with Gasteiger partial charge in [0.1, 0.15) is 0 Å². The third kappa shape index (κ3) is 6.32. The van der Waals surface area contributed by atoms with Gasteiger partial charge in [-0.05, 0) is 26.7 Å². The van der Waals surface area contributed by atoms with Gasteiger partial charge in [-0.2, -0.15) is 5.26 Å². The maximum atomic E-state index is 11.6.